The Labute approximate surface area is 228 Å². The van der Waals surface area contributed by atoms with Crippen molar-refractivity contribution in [1.82, 2.24) is 19.3 Å². The van der Waals surface area contributed by atoms with Crippen LogP contribution in [0.3, 0.4) is 0 Å². The van der Waals surface area contributed by atoms with Gasteiger partial charge in [-0.3, -0.25) is 9.59 Å². The highest BCUT2D eigenvalue weighted by atomic mass is 19.1. The number of hydrogen-bond donors (Lipinski definition) is 2. The average molecular weight is 550 g/mol. The minimum Gasteiger partial charge on any atom is -0.380 e. The van der Waals surface area contributed by atoms with Crippen LogP contribution in [0, 0.1) is 17.0 Å². The molecule has 40 heavy (non-hydrogen) atoms. The zero-order chi connectivity index (χ0) is 28.3. The number of hydrogen-bond acceptors (Lipinski definition) is 7. The summed E-state index contributed by atoms with van der Waals surface area (Å²) in [6.07, 6.45) is 0. The highest BCUT2D eigenvalue weighted by Crippen LogP contribution is 2.43. The molecule has 1 atom stereocenters. The monoisotopic (exact) mass is 549 g/mol. The molecule has 2 aliphatic rings. The number of aryl methyl sites for hydroxylation is 1. The Morgan fingerprint density at radius 2 is 1.85 bits per heavy atom. The highest BCUT2D eigenvalue weighted by Gasteiger charge is 2.51. The molecule has 0 aliphatic carbocycles. The predicted octanol–water partition coefficient (Wildman–Crippen LogP) is 2.94. The van der Waals surface area contributed by atoms with Gasteiger partial charge >= 0.3 is 0 Å². The van der Waals surface area contributed by atoms with Gasteiger partial charge in [0.05, 0.1) is 35.5 Å². The number of halogens is 2. The van der Waals surface area contributed by atoms with E-state index in [1.54, 1.807) is 6.07 Å². The Balaban J connectivity index is 1.42. The van der Waals surface area contributed by atoms with Crippen LogP contribution in [0.15, 0.2) is 47.3 Å². The molecule has 0 saturated carbocycles. The molecule has 1 spiro atoms. The van der Waals surface area contributed by atoms with Gasteiger partial charge in [-0.05, 0) is 30.3 Å². The van der Waals surface area contributed by atoms with Gasteiger partial charge in [0.25, 0.3) is 11.5 Å². The van der Waals surface area contributed by atoms with Gasteiger partial charge in [0.1, 0.15) is 22.7 Å². The Morgan fingerprint density at radius 3 is 2.48 bits per heavy atom. The molecule has 6 rings (SSSR count). The first kappa shape index (κ1) is 26.1. The molecule has 2 aromatic heterocycles. The molecule has 0 bridgehead atoms. The number of anilines is 2. The molecular weight excluding hydrogens is 520 g/mol. The van der Waals surface area contributed by atoms with Gasteiger partial charge in [0.2, 0.25) is 0 Å². The molecule has 4 heterocycles. The molecule has 10 nitrogen and oxygen atoms in total. The van der Waals surface area contributed by atoms with Gasteiger partial charge in [0, 0.05) is 38.2 Å². The fourth-order valence-corrected chi connectivity index (χ4v) is 5.60. The van der Waals surface area contributed by atoms with Crippen LogP contribution in [0.4, 0.5) is 20.2 Å². The Morgan fingerprint density at radius 1 is 1.12 bits per heavy atom. The molecule has 0 unspecified atom stereocenters. The maximum absolute atomic E-state index is 14.4. The van der Waals surface area contributed by atoms with Gasteiger partial charge < -0.3 is 25.3 Å². The van der Waals surface area contributed by atoms with Crippen molar-refractivity contribution < 1.29 is 18.3 Å². The zero-order valence-corrected chi connectivity index (χ0v) is 22.3. The molecule has 208 valence electrons. The summed E-state index contributed by atoms with van der Waals surface area (Å²) in [6.45, 7) is 6.46. The number of rotatable bonds is 5. The SMILES string of the molecule is CC(C)c1nc2c(N3C[C@H](N)C4(COC4)C3)c(NC(=O)c3ccc(=O)n(-c4c(F)cccc4F)n3)ccc2n1C. The molecule has 1 amide bonds. The number of ether oxygens (including phenoxy) is 1. The van der Waals surface area contributed by atoms with Crippen molar-refractivity contribution in [2.75, 3.05) is 36.5 Å². The normalized spacial score (nSPS) is 18.1. The second-order valence-corrected chi connectivity index (χ2v) is 10.8. The molecule has 2 aliphatic heterocycles. The molecule has 12 heteroatoms. The molecule has 2 aromatic carbocycles. The number of nitrogens with zero attached hydrogens (tertiary/aromatic N) is 5. The zero-order valence-electron chi connectivity index (χ0n) is 22.3. The van der Waals surface area contributed by atoms with E-state index < -0.39 is 28.8 Å². The first-order chi connectivity index (χ1) is 19.1. The number of benzene rings is 2. The highest BCUT2D eigenvalue weighted by molar-refractivity contribution is 6.08. The number of para-hydroxylation sites is 1. The van der Waals surface area contributed by atoms with Gasteiger partial charge in [-0.1, -0.05) is 19.9 Å². The van der Waals surface area contributed by atoms with Gasteiger partial charge in [0.15, 0.2) is 11.6 Å². The van der Waals surface area contributed by atoms with E-state index in [-0.39, 0.29) is 23.1 Å². The van der Waals surface area contributed by atoms with Crippen molar-refractivity contribution >= 4 is 28.3 Å². The fourth-order valence-electron chi connectivity index (χ4n) is 5.60. The number of fused-ring (bicyclic) bond motifs is 1. The third-order valence-electron chi connectivity index (χ3n) is 7.81. The van der Waals surface area contributed by atoms with Crippen LogP contribution in [0.1, 0.15) is 36.1 Å². The number of carbonyl (C=O) groups excluding carboxylic acids is 1. The van der Waals surface area contributed by atoms with E-state index in [0.717, 1.165) is 40.7 Å². The van der Waals surface area contributed by atoms with Crippen LogP contribution in [-0.4, -0.2) is 57.6 Å². The number of imidazole rings is 1. The molecule has 2 fully saturated rings. The summed E-state index contributed by atoms with van der Waals surface area (Å²) < 4.78 is 36.9. The van der Waals surface area contributed by atoms with Crippen LogP contribution in [-0.2, 0) is 11.8 Å². The summed E-state index contributed by atoms with van der Waals surface area (Å²) in [5.41, 5.74) is 7.57. The molecule has 0 radical (unpaired) electrons. The van der Waals surface area contributed by atoms with E-state index in [2.05, 4.69) is 29.2 Å². The van der Waals surface area contributed by atoms with Gasteiger partial charge in [-0.2, -0.15) is 9.78 Å². The number of amides is 1. The van der Waals surface area contributed by atoms with E-state index in [1.807, 2.05) is 17.7 Å². The lowest BCUT2D eigenvalue weighted by molar-refractivity contribution is -0.106. The second-order valence-electron chi connectivity index (χ2n) is 10.8. The van der Waals surface area contributed by atoms with E-state index in [9.17, 15) is 18.4 Å². The quantitative estimate of drug-likeness (QED) is 0.393. The maximum Gasteiger partial charge on any atom is 0.276 e. The van der Waals surface area contributed by atoms with Crippen molar-refractivity contribution in [3.63, 3.8) is 0 Å². The summed E-state index contributed by atoms with van der Waals surface area (Å²) >= 11 is 0. The Hall–Kier alpha value is -4.16. The summed E-state index contributed by atoms with van der Waals surface area (Å²) in [7, 11) is 1.96. The summed E-state index contributed by atoms with van der Waals surface area (Å²) in [5, 5.41) is 6.88. The van der Waals surface area contributed by atoms with Crippen molar-refractivity contribution in [2.45, 2.75) is 25.8 Å². The van der Waals surface area contributed by atoms with E-state index in [4.69, 9.17) is 15.5 Å². The first-order valence-corrected chi connectivity index (χ1v) is 13.0. The van der Waals surface area contributed by atoms with Crippen molar-refractivity contribution in [3.05, 3.63) is 76.0 Å². The number of aromatic nitrogens is 4. The van der Waals surface area contributed by atoms with Crippen LogP contribution in [0.5, 0.6) is 0 Å². The lowest BCUT2D eigenvalue weighted by atomic mass is 9.82. The van der Waals surface area contributed by atoms with Crippen LogP contribution < -0.4 is 21.5 Å². The van der Waals surface area contributed by atoms with Crippen molar-refractivity contribution in [1.29, 1.82) is 0 Å². The van der Waals surface area contributed by atoms with Crippen LogP contribution in [0.2, 0.25) is 0 Å². The number of nitrogens with one attached hydrogen (secondary N) is 1. The Bertz CT molecular complexity index is 1690. The standard InChI is InChI=1S/C28H29F2N7O3/c1-15(2)26-33-23-20(35(26)3)9-7-18(25(23)36-11-21(31)28(12-36)13-40-14-28)32-27(39)19-8-10-22(38)37(34-19)24-16(29)5-4-6-17(24)30/h4-10,15,21H,11-14,31H2,1-3H3,(H,32,39)/t21-/m0/s1. The number of carbonyl (C=O) groups is 1. The first-order valence-electron chi connectivity index (χ1n) is 13.0. The van der Waals surface area contributed by atoms with E-state index in [0.29, 0.717) is 36.7 Å². The third kappa shape index (κ3) is 4.06. The van der Waals surface area contributed by atoms with E-state index >= 15 is 0 Å². The lowest BCUT2D eigenvalue weighted by Gasteiger charge is -2.40. The second kappa shape index (κ2) is 9.49. The lowest BCUT2D eigenvalue weighted by Crippen LogP contribution is -2.54. The number of nitrogens with two attached hydrogens (primary N) is 1. The fraction of sp³-hybridized carbons (Fsp3) is 0.357. The summed E-state index contributed by atoms with van der Waals surface area (Å²) in [6, 6.07) is 9.03. The summed E-state index contributed by atoms with van der Waals surface area (Å²) in [5.74, 6) is -1.55. The minimum absolute atomic E-state index is 0.116. The largest absolute Gasteiger partial charge is 0.380 e. The third-order valence-corrected chi connectivity index (χ3v) is 7.81. The molecule has 4 aromatic rings. The molecule has 2 saturated heterocycles. The van der Waals surface area contributed by atoms with Crippen LogP contribution in [0.25, 0.3) is 16.7 Å². The average Bonchev–Trinajstić information content (AvgIpc) is 3.42. The maximum atomic E-state index is 14.4. The Kier molecular flexibility index (Phi) is 6.19. The minimum atomic E-state index is -0.977. The van der Waals surface area contributed by atoms with E-state index in [1.165, 1.54) is 12.1 Å². The molecular formula is C28H29F2N7O3. The summed E-state index contributed by atoms with van der Waals surface area (Å²) in [4.78, 5) is 33.0. The van der Waals surface area contributed by atoms with Crippen molar-refractivity contribution in [3.8, 4) is 5.69 Å². The predicted molar refractivity (Wildman–Crippen MR) is 146 cm³/mol. The molecule has 3 N–H and O–H groups in total. The van der Waals surface area contributed by atoms with Gasteiger partial charge in [-0.15, -0.1) is 0 Å². The van der Waals surface area contributed by atoms with Gasteiger partial charge in [-0.25, -0.2) is 13.8 Å². The van der Waals surface area contributed by atoms with Crippen molar-refractivity contribution in [2.24, 2.45) is 18.2 Å². The smallest absolute Gasteiger partial charge is 0.276 e. The van der Waals surface area contributed by atoms with Crippen LogP contribution >= 0.6 is 0 Å². The topological polar surface area (TPSA) is 120 Å².